The number of aromatic nitrogens is 2. The maximum absolute atomic E-state index is 13.2. The van der Waals surface area contributed by atoms with E-state index in [9.17, 15) is 9.59 Å². The molecule has 148 valence electrons. The summed E-state index contributed by atoms with van der Waals surface area (Å²) in [6.45, 7) is 5.32. The number of carbonyl (C=O) groups is 1. The molecule has 0 spiro atoms. The number of carbonyl (C=O) groups excluding carboxylic acids is 1. The van der Waals surface area contributed by atoms with Crippen molar-refractivity contribution in [3.05, 3.63) is 46.1 Å². The Bertz CT molecular complexity index is 1010. The van der Waals surface area contributed by atoms with Crippen LogP contribution in [-0.2, 0) is 11.3 Å². The second-order valence-electron chi connectivity index (χ2n) is 6.60. The molecule has 7 heteroatoms. The number of thioether (sulfide) groups is 1. The lowest BCUT2D eigenvalue weighted by Gasteiger charge is -2.17. The molecule has 0 saturated heterocycles. The first kappa shape index (κ1) is 20.6. The van der Waals surface area contributed by atoms with Gasteiger partial charge < -0.3 is 4.90 Å². The Balaban J connectivity index is 1.91. The highest BCUT2D eigenvalue weighted by Gasteiger charge is 2.18. The van der Waals surface area contributed by atoms with E-state index in [1.807, 2.05) is 49.7 Å². The molecule has 2 heterocycles. The Hall–Kier alpha value is -2.12. The molecule has 0 fully saturated rings. The summed E-state index contributed by atoms with van der Waals surface area (Å²) in [5.74, 6) is 0.348. The van der Waals surface area contributed by atoms with Crippen LogP contribution in [0.4, 0.5) is 0 Å². The van der Waals surface area contributed by atoms with Crippen LogP contribution in [0.1, 0.15) is 26.7 Å². The Morgan fingerprint density at radius 2 is 2.00 bits per heavy atom. The van der Waals surface area contributed by atoms with Crippen LogP contribution in [0, 0.1) is 0 Å². The average Bonchev–Trinajstić information content (AvgIpc) is 3.15. The zero-order valence-electron chi connectivity index (χ0n) is 16.5. The normalized spacial score (nSPS) is 11.1. The van der Waals surface area contributed by atoms with Crippen LogP contribution in [-0.4, -0.2) is 39.7 Å². The van der Waals surface area contributed by atoms with Crippen LogP contribution in [0.25, 0.3) is 21.3 Å². The highest BCUT2D eigenvalue weighted by Crippen LogP contribution is 2.32. The number of nitrogens with zero attached hydrogens (tertiary/aromatic N) is 3. The largest absolute Gasteiger partial charge is 0.345 e. The first-order valence-electron chi connectivity index (χ1n) is 9.51. The Kier molecular flexibility index (Phi) is 6.91. The van der Waals surface area contributed by atoms with Crippen LogP contribution in [0.5, 0.6) is 0 Å². The molecule has 1 amide bonds. The second kappa shape index (κ2) is 9.39. The van der Waals surface area contributed by atoms with Gasteiger partial charge in [0, 0.05) is 31.1 Å². The van der Waals surface area contributed by atoms with E-state index in [-0.39, 0.29) is 17.2 Å². The van der Waals surface area contributed by atoms with Crippen LogP contribution in [0.3, 0.4) is 0 Å². The molecule has 28 heavy (non-hydrogen) atoms. The molecule has 3 rings (SSSR count). The number of unbranched alkanes of at least 4 members (excludes halogenated alkanes) is 1. The van der Waals surface area contributed by atoms with Crippen molar-refractivity contribution in [2.24, 2.45) is 0 Å². The summed E-state index contributed by atoms with van der Waals surface area (Å²) < 4.78 is 1.67. The minimum atomic E-state index is -0.0399. The van der Waals surface area contributed by atoms with E-state index in [1.165, 1.54) is 23.1 Å². The fourth-order valence-electron chi connectivity index (χ4n) is 2.98. The van der Waals surface area contributed by atoms with Gasteiger partial charge in [-0.2, -0.15) is 0 Å². The van der Waals surface area contributed by atoms with Crippen molar-refractivity contribution in [2.75, 3.05) is 19.3 Å². The fourth-order valence-corrected chi connectivity index (χ4v) is 4.97. The van der Waals surface area contributed by atoms with Crippen molar-refractivity contribution < 1.29 is 4.79 Å². The summed E-state index contributed by atoms with van der Waals surface area (Å²) in [4.78, 5) is 32.7. The second-order valence-corrected chi connectivity index (χ2v) is 8.40. The number of hydrogen-bond acceptors (Lipinski definition) is 5. The van der Waals surface area contributed by atoms with Gasteiger partial charge in [-0.25, -0.2) is 4.98 Å². The summed E-state index contributed by atoms with van der Waals surface area (Å²) in [6.07, 6.45) is 2.05. The Labute approximate surface area is 173 Å². The van der Waals surface area contributed by atoms with E-state index in [4.69, 9.17) is 4.98 Å². The van der Waals surface area contributed by atoms with Crippen molar-refractivity contribution in [1.29, 1.82) is 0 Å². The van der Waals surface area contributed by atoms with Gasteiger partial charge >= 0.3 is 0 Å². The van der Waals surface area contributed by atoms with Crippen LogP contribution in [0.2, 0.25) is 0 Å². The minimum absolute atomic E-state index is 0.0399. The zero-order chi connectivity index (χ0) is 20.1. The van der Waals surface area contributed by atoms with Gasteiger partial charge in [0.2, 0.25) is 5.91 Å². The molecule has 5 nitrogen and oxygen atoms in total. The molecule has 0 aliphatic heterocycles. The SMILES string of the molecule is CCCCN(C)C(=O)CSc1nc2scc(-c3ccccc3)c2c(=O)n1CC. The lowest BCUT2D eigenvalue weighted by Crippen LogP contribution is -2.30. The molecular weight excluding hydrogens is 390 g/mol. The number of amides is 1. The van der Waals surface area contributed by atoms with Gasteiger partial charge in [0.1, 0.15) is 4.83 Å². The summed E-state index contributed by atoms with van der Waals surface area (Å²) >= 11 is 2.82. The lowest BCUT2D eigenvalue weighted by atomic mass is 10.1. The highest BCUT2D eigenvalue weighted by atomic mass is 32.2. The Morgan fingerprint density at radius 1 is 1.25 bits per heavy atom. The van der Waals surface area contributed by atoms with Crippen LogP contribution < -0.4 is 5.56 Å². The first-order chi connectivity index (χ1) is 13.6. The summed E-state index contributed by atoms with van der Waals surface area (Å²) in [5.41, 5.74) is 1.90. The van der Waals surface area contributed by atoms with Gasteiger partial charge in [0.05, 0.1) is 11.1 Å². The number of fused-ring (bicyclic) bond motifs is 1. The number of benzene rings is 1. The smallest absolute Gasteiger partial charge is 0.263 e. The predicted molar refractivity (Wildman–Crippen MR) is 118 cm³/mol. The molecule has 0 bridgehead atoms. The van der Waals surface area contributed by atoms with E-state index in [0.29, 0.717) is 17.1 Å². The summed E-state index contributed by atoms with van der Waals surface area (Å²) in [5, 5.41) is 3.26. The number of thiophene rings is 1. The third-order valence-corrected chi connectivity index (χ3v) is 6.49. The highest BCUT2D eigenvalue weighted by molar-refractivity contribution is 7.99. The van der Waals surface area contributed by atoms with E-state index in [2.05, 4.69) is 6.92 Å². The van der Waals surface area contributed by atoms with Gasteiger partial charge in [-0.1, -0.05) is 55.4 Å². The number of hydrogen-bond donors (Lipinski definition) is 0. The molecule has 0 aliphatic rings. The third-order valence-electron chi connectivity index (χ3n) is 4.66. The maximum atomic E-state index is 13.2. The predicted octanol–water partition coefficient (Wildman–Crippen LogP) is 4.50. The summed E-state index contributed by atoms with van der Waals surface area (Å²) in [7, 11) is 1.83. The quantitative estimate of drug-likeness (QED) is 0.402. The van der Waals surface area contributed by atoms with Crippen LogP contribution >= 0.6 is 23.1 Å². The third kappa shape index (κ3) is 4.31. The standard InChI is InChI=1S/C21H25N3O2S2/c1-4-6-12-23(3)17(25)14-28-21-22-19-18(20(26)24(21)5-2)16(13-27-19)15-10-8-7-9-11-15/h7-11,13H,4-6,12,14H2,1-3H3. The average molecular weight is 416 g/mol. The molecule has 0 aliphatic carbocycles. The molecule has 0 radical (unpaired) electrons. The topological polar surface area (TPSA) is 55.2 Å². The number of rotatable bonds is 8. The zero-order valence-corrected chi connectivity index (χ0v) is 18.1. The molecular formula is C21H25N3O2S2. The van der Waals surface area contributed by atoms with Gasteiger partial charge in [-0.05, 0) is 18.9 Å². The molecule has 0 saturated carbocycles. The molecule has 0 unspecified atom stereocenters. The molecule has 0 N–H and O–H groups in total. The van der Waals surface area contributed by atoms with Crippen LogP contribution in [0.15, 0.2) is 45.7 Å². The fraction of sp³-hybridized carbons (Fsp3) is 0.381. The van der Waals surface area contributed by atoms with E-state index < -0.39 is 0 Å². The van der Waals surface area contributed by atoms with Gasteiger partial charge in [-0.3, -0.25) is 14.2 Å². The molecule has 0 atom stereocenters. The van der Waals surface area contributed by atoms with Crippen molar-refractivity contribution in [3.8, 4) is 11.1 Å². The van der Waals surface area contributed by atoms with Crippen molar-refractivity contribution in [2.45, 2.75) is 38.4 Å². The molecule has 1 aromatic carbocycles. The van der Waals surface area contributed by atoms with Crippen molar-refractivity contribution >= 4 is 39.2 Å². The van der Waals surface area contributed by atoms with Gasteiger partial charge in [0.15, 0.2) is 5.16 Å². The van der Waals surface area contributed by atoms with E-state index >= 15 is 0 Å². The van der Waals surface area contributed by atoms with E-state index in [1.54, 1.807) is 9.47 Å². The van der Waals surface area contributed by atoms with Gasteiger partial charge in [-0.15, -0.1) is 11.3 Å². The first-order valence-corrected chi connectivity index (χ1v) is 11.4. The lowest BCUT2D eigenvalue weighted by molar-refractivity contribution is -0.127. The molecule has 3 aromatic rings. The Morgan fingerprint density at radius 3 is 2.68 bits per heavy atom. The molecule has 2 aromatic heterocycles. The summed E-state index contributed by atoms with van der Waals surface area (Å²) in [6, 6.07) is 9.91. The minimum Gasteiger partial charge on any atom is -0.345 e. The van der Waals surface area contributed by atoms with Crippen molar-refractivity contribution in [1.82, 2.24) is 14.5 Å². The monoisotopic (exact) mass is 415 g/mol. The maximum Gasteiger partial charge on any atom is 0.263 e. The van der Waals surface area contributed by atoms with Gasteiger partial charge in [0.25, 0.3) is 5.56 Å². The van der Waals surface area contributed by atoms with Crippen molar-refractivity contribution in [3.63, 3.8) is 0 Å². The van der Waals surface area contributed by atoms with E-state index in [0.717, 1.165) is 35.3 Å².